The van der Waals surface area contributed by atoms with Gasteiger partial charge < -0.3 is 14.5 Å². The predicted molar refractivity (Wildman–Crippen MR) is 96.5 cm³/mol. The number of aromatic nitrogens is 1. The number of oxazole rings is 1. The van der Waals surface area contributed by atoms with E-state index in [1.54, 1.807) is 0 Å². The van der Waals surface area contributed by atoms with E-state index in [9.17, 15) is 0 Å². The van der Waals surface area contributed by atoms with Crippen molar-refractivity contribution in [3.63, 3.8) is 0 Å². The summed E-state index contributed by atoms with van der Waals surface area (Å²) < 4.78 is 11.2. The van der Waals surface area contributed by atoms with Crippen LogP contribution >= 0.6 is 0 Å². The van der Waals surface area contributed by atoms with Gasteiger partial charge in [-0.3, -0.25) is 15.1 Å². The third kappa shape index (κ3) is 4.02. The molecule has 25 heavy (non-hydrogen) atoms. The van der Waals surface area contributed by atoms with Crippen molar-refractivity contribution in [2.24, 2.45) is 4.99 Å². The van der Waals surface area contributed by atoms with Gasteiger partial charge in [-0.2, -0.15) is 4.98 Å². The van der Waals surface area contributed by atoms with Crippen LogP contribution in [0.4, 0.5) is 6.01 Å². The number of anilines is 1. The minimum Gasteiger partial charge on any atom is -0.428 e. The summed E-state index contributed by atoms with van der Waals surface area (Å²) in [4.78, 5) is 13.8. The molecule has 2 aliphatic heterocycles. The summed E-state index contributed by atoms with van der Waals surface area (Å²) in [5.74, 6) is 2.05. The molecule has 136 valence electrons. The second-order valence-corrected chi connectivity index (χ2v) is 6.76. The fraction of sp³-hybridized carbons (Fsp3) is 0.647. The third-order valence-electron chi connectivity index (χ3n) is 4.85. The Balaban J connectivity index is 1.27. The SMILES string of the molecule is CC1CC=Cc2nc(NC3=NCN(CCN4CCOCC4)CN3)oc21. The molecule has 1 fully saturated rings. The van der Waals surface area contributed by atoms with Crippen molar-refractivity contribution < 1.29 is 9.15 Å². The van der Waals surface area contributed by atoms with Gasteiger partial charge in [-0.05, 0) is 12.5 Å². The molecule has 1 atom stereocenters. The molecule has 0 spiro atoms. The van der Waals surface area contributed by atoms with Crippen LogP contribution in [0.25, 0.3) is 6.08 Å². The number of aliphatic imine (C=N–C) groups is 1. The maximum Gasteiger partial charge on any atom is 0.302 e. The normalized spacial score (nSPS) is 24.5. The van der Waals surface area contributed by atoms with E-state index in [2.05, 4.69) is 43.4 Å². The van der Waals surface area contributed by atoms with Gasteiger partial charge in [0.15, 0.2) is 0 Å². The highest BCUT2D eigenvalue weighted by atomic mass is 16.5. The zero-order valence-electron chi connectivity index (χ0n) is 14.7. The second kappa shape index (κ2) is 7.55. The molecule has 0 bridgehead atoms. The van der Waals surface area contributed by atoms with Crippen molar-refractivity contribution in [3.05, 3.63) is 17.5 Å². The van der Waals surface area contributed by atoms with Gasteiger partial charge >= 0.3 is 6.01 Å². The standard InChI is InChI=1S/C17H26N6O2/c1-13-3-2-4-14-15(13)25-17(20-14)21-16-18-11-23(12-19-16)6-5-22-7-9-24-10-8-22/h2,4,13H,3,5-12H2,1H3,(H2,18,19,20,21). The molecule has 1 aliphatic carbocycles. The summed E-state index contributed by atoms with van der Waals surface area (Å²) in [6, 6.07) is 0.511. The van der Waals surface area contributed by atoms with E-state index in [-0.39, 0.29) is 0 Å². The Morgan fingerprint density at radius 2 is 2.12 bits per heavy atom. The van der Waals surface area contributed by atoms with E-state index in [0.29, 0.717) is 18.6 Å². The fourth-order valence-corrected chi connectivity index (χ4v) is 3.27. The molecule has 1 saturated heterocycles. The molecule has 0 saturated carbocycles. The smallest absolute Gasteiger partial charge is 0.302 e. The van der Waals surface area contributed by atoms with Crippen LogP contribution in [0.3, 0.4) is 0 Å². The van der Waals surface area contributed by atoms with Crippen molar-refractivity contribution >= 4 is 18.1 Å². The maximum absolute atomic E-state index is 5.85. The molecule has 1 aromatic heterocycles. The lowest BCUT2D eigenvalue weighted by Crippen LogP contribution is -2.49. The lowest BCUT2D eigenvalue weighted by atomic mass is 9.98. The molecule has 0 amide bonds. The Labute approximate surface area is 147 Å². The van der Waals surface area contributed by atoms with Gasteiger partial charge in [0.1, 0.15) is 11.5 Å². The third-order valence-corrected chi connectivity index (χ3v) is 4.85. The molecule has 8 nitrogen and oxygen atoms in total. The van der Waals surface area contributed by atoms with Gasteiger partial charge in [-0.15, -0.1) is 0 Å². The molecular weight excluding hydrogens is 320 g/mol. The van der Waals surface area contributed by atoms with Gasteiger partial charge in [0.25, 0.3) is 0 Å². The predicted octanol–water partition coefficient (Wildman–Crippen LogP) is 1.12. The van der Waals surface area contributed by atoms with Crippen LogP contribution in [0.5, 0.6) is 0 Å². The zero-order chi connectivity index (χ0) is 17.1. The first-order valence-electron chi connectivity index (χ1n) is 9.03. The molecule has 0 aromatic carbocycles. The van der Waals surface area contributed by atoms with Crippen molar-refractivity contribution in [2.75, 3.05) is 58.0 Å². The van der Waals surface area contributed by atoms with E-state index in [1.807, 2.05) is 6.08 Å². The summed E-state index contributed by atoms with van der Waals surface area (Å²) in [5.41, 5.74) is 0.921. The van der Waals surface area contributed by atoms with E-state index in [1.165, 1.54) is 0 Å². The van der Waals surface area contributed by atoms with Crippen molar-refractivity contribution in [1.82, 2.24) is 20.1 Å². The first-order chi connectivity index (χ1) is 12.3. The Hall–Kier alpha value is -1.90. The highest BCUT2D eigenvalue weighted by Crippen LogP contribution is 2.31. The number of rotatable bonds is 4. The molecule has 4 rings (SSSR count). The summed E-state index contributed by atoms with van der Waals surface area (Å²) in [7, 11) is 0. The minimum absolute atomic E-state index is 0.375. The number of guanidine groups is 1. The number of hydrogen-bond donors (Lipinski definition) is 2. The first kappa shape index (κ1) is 16.6. The van der Waals surface area contributed by atoms with E-state index in [4.69, 9.17) is 9.15 Å². The molecule has 8 heteroatoms. The number of fused-ring (bicyclic) bond motifs is 1. The van der Waals surface area contributed by atoms with Gasteiger partial charge in [-0.1, -0.05) is 13.0 Å². The van der Waals surface area contributed by atoms with E-state index < -0.39 is 0 Å². The lowest BCUT2D eigenvalue weighted by molar-refractivity contribution is 0.0331. The van der Waals surface area contributed by atoms with Crippen LogP contribution in [0, 0.1) is 0 Å². The van der Waals surface area contributed by atoms with Crippen LogP contribution in [-0.2, 0) is 4.74 Å². The molecule has 1 unspecified atom stereocenters. The largest absolute Gasteiger partial charge is 0.428 e. The number of allylic oxidation sites excluding steroid dienone is 1. The van der Waals surface area contributed by atoms with Crippen LogP contribution < -0.4 is 10.6 Å². The summed E-state index contributed by atoms with van der Waals surface area (Å²) in [6.45, 7) is 9.40. The highest BCUT2D eigenvalue weighted by molar-refractivity contribution is 5.92. The summed E-state index contributed by atoms with van der Waals surface area (Å²) in [6.07, 6.45) is 5.16. The van der Waals surface area contributed by atoms with Gasteiger partial charge in [0.2, 0.25) is 5.96 Å². The van der Waals surface area contributed by atoms with Crippen molar-refractivity contribution in [1.29, 1.82) is 0 Å². The number of nitrogens with zero attached hydrogens (tertiary/aromatic N) is 4. The highest BCUT2D eigenvalue weighted by Gasteiger charge is 2.21. The van der Waals surface area contributed by atoms with Crippen LogP contribution in [0.15, 0.2) is 15.5 Å². The molecule has 2 N–H and O–H groups in total. The fourth-order valence-electron chi connectivity index (χ4n) is 3.27. The average Bonchev–Trinajstić information content (AvgIpc) is 3.06. The first-order valence-corrected chi connectivity index (χ1v) is 9.03. The molecule has 3 aliphatic rings. The minimum atomic E-state index is 0.375. The Morgan fingerprint density at radius 3 is 2.88 bits per heavy atom. The average molecular weight is 346 g/mol. The van der Waals surface area contributed by atoms with Gasteiger partial charge in [-0.25, -0.2) is 4.99 Å². The van der Waals surface area contributed by atoms with Crippen molar-refractivity contribution in [3.8, 4) is 0 Å². The molecule has 1 aromatic rings. The quantitative estimate of drug-likeness (QED) is 0.846. The summed E-state index contributed by atoms with van der Waals surface area (Å²) >= 11 is 0. The number of nitrogens with one attached hydrogen (secondary N) is 2. The lowest BCUT2D eigenvalue weighted by Gasteiger charge is -2.31. The maximum atomic E-state index is 5.85. The molecule has 0 radical (unpaired) electrons. The number of morpholine rings is 1. The van der Waals surface area contributed by atoms with Crippen LogP contribution in [-0.4, -0.2) is 73.5 Å². The topological polar surface area (TPSA) is 78.2 Å². The van der Waals surface area contributed by atoms with E-state index in [0.717, 1.165) is 69.9 Å². The Morgan fingerprint density at radius 1 is 1.28 bits per heavy atom. The Kier molecular flexibility index (Phi) is 5.00. The van der Waals surface area contributed by atoms with Crippen LogP contribution in [0.1, 0.15) is 30.7 Å². The second-order valence-electron chi connectivity index (χ2n) is 6.76. The monoisotopic (exact) mass is 346 g/mol. The molecular formula is C17H26N6O2. The zero-order valence-corrected chi connectivity index (χ0v) is 14.7. The number of hydrogen-bond acceptors (Lipinski definition) is 8. The van der Waals surface area contributed by atoms with Crippen LogP contribution in [0.2, 0.25) is 0 Å². The van der Waals surface area contributed by atoms with Gasteiger partial charge in [0, 0.05) is 32.1 Å². The number of ether oxygens (including phenoxy) is 1. The Bertz CT molecular complexity index is 650. The molecule has 3 heterocycles. The van der Waals surface area contributed by atoms with Crippen molar-refractivity contribution in [2.45, 2.75) is 19.3 Å². The van der Waals surface area contributed by atoms with E-state index >= 15 is 0 Å². The summed E-state index contributed by atoms with van der Waals surface area (Å²) in [5, 5.41) is 6.46. The van der Waals surface area contributed by atoms with Gasteiger partial charge in [0.05, 0.1) is 26.6 Å².